The quantitative estimate of drug-likeness (QED) is 0.521. The molecule has 2 aromatic carbocycles. The fourth-order valence-electron chi connectivity index (χ4n) is 2.56. The van der Waals surface area contributed by atoms with E-state index in [0.29, 0.717) is 6.61 Å². The molecule has 146 valence electrons. The summed E-state index contributed by atoms with van der Waals surface area (Å²) in [6.07, 6.45) is 6.63. The van der Waals surface area contributed by atoms with Gasteiger partial charge in [-0.05, 0) is 36.7 Å². The normalized spacial score (nSPS) is 9.96. The number of aromatic nitrogens is 2. The topological polar surface area (TPSA) is 39.1 Å². The summed E-state index contributed by atoms with van der Waals surface area (Å²) in [7, 11) is 0. The van der Waals surface area contributed by atoms with Crippen LogP contribution in [0.5, 0.6) is 5.75 Å². The summed E-state index contributed by atoms with van der Waals surface area (Å²) >= 11 is 0. The van der Waals surface area contributed by atoms with Gasteiger partial charge in [-0.15, -0.1) is 24.8 Å². The molecule has 0 aliphatic rings. The van der Waals surface area contributed by atoms with Crippen LogP contribution in [0.25, 0.3) is 0 Å². The molecule has 0 bridgehead atoms. The second-order valence-corrected chi connectivity index (χ2v) is 5.85. The van der Waals surface area contributed by atoms with Gasteiger partial charge in [0.1, 0.15) is 18.2 Å². The molecule has 7 heteroatoms. The Morgan fingerprint density at radius 1 is 1.04 bits per heavy atom. The molecule has 0 aliphatic carbocycles. The van der Waals surface area contributed by atoms with Crippen molar-refractivity contribution in [1.29, 1.82) is 0 Å². The Kier molecular flexibility index (Phi) is 10.5. The van der Waals surface area contributed by atoms with Gasteiger partial charge in [0, 0.05) is 31.0 Å². The molecule has 0 atom stereocenters. The SMILES string of the molecule is Cl.Cl.Fc1ccc(COc2ccccc2CNCCCn2ccnc2)cc1. The number of hydrogen-bond acceptors (Lipinski definition) is 3. The number of para-hydroxylation sites is 1. The number of benzene rings is 2. The Morgan fingerprint density at radius 2 is 1.81 bits per heavy atom. The second kappa shape index (κ2) is 12.3. The van der Waals surface area contributed by atoms with Gasteiger partial charge >= 0.3 is 0 Å². The van der Waals surface area contributed by atoms with Crippen LogP contribution in [0.3, 0.4) is 0 Å². The van der Waals surface area contributed by atoms with Gasteiger partial charge in [-0.1, -0.05) is 30.3 Å². The average Bonchev–Trinajstić information content (AvgIpc) is 3.15. The van der Waals surface area contributed by atoms with Crippen molar-refractivity contribution < 1.29 is 9.13 Å². The first-order valence-corrected chi connectivity index (χ1v) is 8.43. The molecule has 0 spiro atoms. The van der Waals surface area contributed by atoms with Crippen LogP contribution in [-0.2, 0) is 19.7 Å². The first-order chi connectivity index (χ1) is 12.3. The van der Waals surface area contributed by atoms with Crippen LogP contribution in [0, 0.1) is 5.82 Å². The summed E-state index contributed by atoms with van der Waals surface area (Å²) in [5.74, 6) is 0.623. The minimum absolute atomic E-state index is 0. The molecule has 0 unspecified atom stereocenters. The number of nitrogens with zero attached hydrogens (tertiary/aromatic N) is 2. The number of rotatable bonds is 9. The lowest BCUT2D eigenvalue weighted by molar-refractivity contribution is 0.302. The Bertz CT molecular complexity index is 767. The van der Waals surface area contributed by atoms with Gasteiger partial charge < -0.3 is 14.6 Å². The molecular weight excluding hydrogens is 388 g/mol. The largest absolute Gasteiger partial charge is 0.489 e. The van der Waals surface area contributed by atoms with Crippen molar-refractivity contribution in [3.8, 4) is 5.75 Å². The van der Waals surface area contributed by atoms with Gasteiger partial charge in [-0.3, -0.25) is 0 Å². The lowest BCUT2D eigenvalue weighted by atomic mass is 10.2. The third kappa shape index (κ3) is 7.59. The monoisotopic (exact) mass is 411 g/mol. The van der Waals surface area contributed by atoms with Crippen molar-refractivity contribution in [1.82, 2.24) is 14.9 Å². The van der Waals surface area contributed by atoms with Crippen LogP contribution in [0.1, 0.15) is 17.5 Å². The molecule has 0 radical (unpaired) electrons. The molecular formula is C20H24Cl2FN3O. The summed E-state index contributed by atoms with van der Waals surface area (Å²) in [6.45, 7) is 3.06. The summed E-state index contributed by atoms with van der Waals surface area (Å²) in [6, 6.07) is 14.4. The predicted molar refractivity (Wildman–Crippen MR) is 110 cm³/mol. The third-order valence-electron chi connectivity index (χ3n) is 3.92. The number of halogens is 3. The maximum atomic E-state index is 13.0. The van der Waals surface area contributed by atoms with Gasteiger partial charge in [-0.2, -0.15) is 0 Å². The van der Waals surface area contributed by atoms with E-state index in [1.54, 1.807) is 18.3 Å². The van der Waals surface area contributed by atoms with Crippen molar-refractivity contribution in [2.45, 2.75) is 26.1 Å². The molecule has 0 aliphatic heterocycles. The van der Waals surface area contributed by atoms with Crippen molar-refractivity contribution in [3.05, 3.63) is 84.2 Å². The fourth-order valence-corrected chi connectivity index (χ4v) is 2.56. The third-order valence-corrected chi connectivity index (χ3v) is 3.92. The maximum absolute atomic E-state index is 13.0. The Labute approximate surface area is 171 Å². The number of ether oxygens (including phenoxy) is 1. The molecule has 0 fully saturated rings. The number of imidazole rings is 1. The zero-order valence-corrected chi connectivity index (χ0v) is 16.5. The van der Waals surface area contributed by atoms with Crippen LogP contribution in [-0.4, -0.2) is 16.1 Å². The van der Waals surface area contributed by atoms with E-state index in [2.05, 4.69) is 20.9 Å². The minimum Gasteiger partial charge on any atom is -0.489 e. The van der Waals surface area contributed by atoms with E-state index in [-0.39, 0.29) is 30.6 Å². The highest BCUT2D eigenvalue weighted by Gasteiger charge is 2.03. The van der Waals surface area contributed by atoms with E-state index < -0.39 is 0 Å². The molecule has 27 heavy (non-hydrogen) atoms. The summed E-state index contributed by atoms with van der Waals surface area (Å²) in [5, 5.41) is 3.45. The number of nitrogens with one attached hydrogen (secondary N) is 1. The summed E-state index contributed by atoms with van der Waals surface area (Å²) in [4.78, 5) is 4.04. The van der Waals surface area contributed by atoms with Crippen LogP contribution < -0.4 is 10.1 Å². The van der Waals surface area contributed by atoms with Crippen molar-refractivity contribution in [2.24, 2.45) is 0 Å². The standard InChI is InChI=1S/C20H22FN3O.2ClH/c21-19-8-6-17(7-9-19)15-25-20-5-2-1-4-18(20)14-22-10-3-12-24-13-11-23-16-24;;/h1-2,4-9,11,13,16,22H,3,10,12,14-15H2;2*1H. The van der Waals surface area contributed by atoms with Crippen LogP contribution >= 0.6 is 24.8 Å². The van der Waals surface area contributed by atoms with Gasteiger partial charge in [0.05, 0.1) is 6.33 Å². The van der Waals surface area contributed by atoms with Crippen LogP contribution in [0.4, 0.5) is 4.39 Å². The van der Waals surface area contributed by atoms with Crippen LogP contribution in [0.2, 0.25) is 0 Å². The predicted octanol–water partition coefficient (Wildman–Crippen LogP) is 4.62. The van der Waals surface area contributed by atoms with E-state index in [4.69, 9.17) is 4.74 Å². The van der Waals surface area contributed by atoms with Crippen molar-refractivity contribution in [2.75, 3.05) is 6.54 Å². The van der Waals surface area contributed by atoms with Gasteiger partial charge in [0.15, 0.2) is 0 Å². The highest BCUT2D eigenvalue weighted by molar-refractivity contribution is 5.85. The molecule has 1 aromatic heterocycles. The summed E-state index contributed by atoms with van der Waals surface area (Å²) in [5.41, 5.74) is 2.07. The first kappa shape index (κ1) is 23.0. The molecule has 3 rings (SSSR count). The van der Waals surface area contributed by atoms with E-state index in [0.717, 1.165) is 42.9 Å². The highest BCUT2D eigenvalue weighted by Crippen LogP contribution is 2.19. The van der Waals surface area contributed by atoms with Gasteiger partial charge in [-0.25, -0.2) is 9.37 Å². The van der Waals surface area contributed by atoms with E-state index in [9.17, 15) is 4.39 Å². The zero-order valence-electron chi connectivity index (χ0n) is 14.9. The molecule has 0 saturated heterocycles. The Morgan fingerprint density at radius 3 is 2.56 bits per heavy atom. The lowest BCUT2D eigenvalue weighted by Gasteiger charge is -2.12. The maximum Gasteiger partial charge on any atom is 0.124 e. The van der Waals surface area contributed by atoms with Crippen molar-refractivity contribution in [3.63, 3.8) is 0 Å². The smallest absolute Gasteiger partial charge is 0.124 e. The number of hydrogen-bond donors (Lipinski definition) is 1. The van der Waals surface area contributed by atoms with E-state index in [1.807, 2.05) is 30.7 Å². The summed E-state index contributed by atoms with van der Waals surface area (Å²) < 4.78 is 20.9. The zero-order chi connectivity index (χ0) is 17.3. The fraction of sp³-hybridized carbons (Fsp3) is 0.250. The highest BCUT2D eigenvalue weighted by atomic mass is 35.5. The lowest BCUT2D eigenvalue weighted by Crippen LogP contribution is -2.17. The average molecular weight is 412 g/mol. The molecule has 1 N–H and O–H groups in total. The molecule has 0 saturated carbocycles. The van der Waals surface area contributed by atoms with Crippen LogP contribution in [0.15, 0.2) is 67.3 Å². The minimum atomic E-state index is -0.232. The van der Waals surface area contributed by atoms with E-state index in [1.165, 1.54) is 12.1 Å². The molecule has 3 aromatic rings. The van der Waals surface area contributed by atoms with E-state index >= 15 is 0 Å². The number of aryl methyl sites for hydroxylation is 1. The molecule has 4 nitrogen and oxygen atoms in total. The molecule has 1 heterocycles. The second-order valence-electron chi connectivity index (χ2n) is 5.85. The first-order valence-electron chi connectivity index (χ1n) is 8.43. The Hall–Kier alpha value is -2.08. The van der Waals surface area contributed by atoms with Gasteiger partial charge in [0.25, 0.3) is 0 Å². The van der Waals surface area contributed by atoms with Crippen molar-refractivity contribution >= 4 is 24.8 Å². The van der Waals surface area contributed by atoms with Gasteiger partial charge in [0.2, 0.25) is 0 Å². The Balaban J connectivity index is 0.00000182. The molecule has 0 amide bonds.